The summed E-state index contributed by atoms with van der Waals surface area (Å²) in [4.78, 5) is 13.3. The SMILES string of the molecule is C[C@H](SCc1ccccc1)C(=O)NCCSc1ccccc1. The maximum absolute atomic E-state index is 12.0. The minimum atomic E-state index is -0.0260. The minimum Gasteiger partial charge on any atom is -0.354 e. The lowest BCUT2D eigenvalue weighted by Crippen LogP contribution is -2.32. The Balaban J connectivity index is 1.62. The Morgan fingerprint density at radius 1 is 1.05 bits per heavy atom. The molecule has 0 aromatic heterocycles. The standard InChI is InChI=1S/C18H21NOS2/c1-15(22-14-16-8-4-2-5-9-16)18(20)19-12-13-21-17-10-6-3-7-11-17/h2-11,15H,12-14H2,1H3,(H,19,20)/t15-/m0/s1. The van der Waals surface area contributed by atoms with E-state index >= 15 is 0 Å². The lowest BCUT2D eigenvalue weighted by atomic mass is 10.2. The quantitative estimate of drug-likeness (QED) is 0.580. The van der Waals surface area contributed by atoms with Gasteiger partial charge in [-0.2, -0.15) is 0 Å². The Morgan fingerprint density at radius 3 is 2.36 bits per heavy atom. The number of carbonyl (C=O) groups excluding carboxylic acids is 1. The molecule has 2 nitrogen and oxygen atoms in total. The zero-order chi connectivity index (χ0) is 15.6. The zero-order valence-electron chi connectivity index (χ0n) is 12.7. The second kappa shape index (κ2) is 9.59. The Bertz CT molecular complexity index is 560. The number of hydrogen-bond donors (Lipinski definition) is 1. The van der Waals surface area contributed by atoms with E-state index in [4.69, 9.17) is 0 Å². The van der Waals surface area contributed by atoms with Gasteiger partial charge in [0, 0.05) is 22.9 Å². The zero-order valence-corrected chi connectivity index (χ0v) is 14.3. The third-order valence-corrected chi connectivity index (χ3v) is 5.35. The molecule has 0 radical (unpaired) electrons. The van der Waals surface area contributed by atoms with Gasteiger partial charge >= 0.3 is 0 Å². The fourth-order valence-electron chi connectivity index (χ4n) is 1.87. The van der Waals surface area contributed by atoms with Gasteiger partial charge in [-0.15, -0.1) is 23.5 Å². The predicted octanol–water partition coefficient (Wildman–Crippen LogP) is 4.22. The Hall–Kier alpha value is -1.39. The lowest BCUT2D eigenvalue weighted by molar-refractivity contribution is -0.120. The molecule has 22 heavy (non-hydrogen) atoms. The first-order valence-corrected chi connectivity index (χ1v) is 9.40. The van der Waals surface area contributed by atoms with Crippen molar-refractivity contribution in [2.45, 2.75) is 22.8 Å². The number of rotatable bonds is 8. The number of benzene rings is 2. The summed E-state index contributed by atoms with van der Waals surface area (Å²) < 4.78 is 0. The van der Waals surface area contributed by atoms with E-state index in [9.17, 15) is 4.79 Å². The van der Waals surface area contributed by atoms with Crippen molar-refractivity contribution < 1.29 is 4.79 Å². The summed E-state index contributed by atoms with van der Waals surface area (Å²) in [5.74, 6) is 1.88. The summed E-state index contributed by atoms with van der Waals surface area (Å²) in [6.07, 6.45) is 0. The molecule has 0 saturated heterocycles. The van der Waals surface area contributed by atoms with E-state index in [1.54, 1.807) is 23.5 Å². The third kappa shape index (κ3) is 6.16. The van der Waals surface area contributed by atoms with E-state index in [0.717, 1.165) is 11.5 Å². The number of amides is 1. The molecule has 0 spiro atoms. The van der Waals surface area contributed by atoms with Gasteiger partial charge in [-0.1, -0.05) is 48.5 Å². The fourth-order valence-corrected chi connectivity index (χ4v) is 3.53. The molecule has 0 unspecified atom stereocenters. The molecule has 0 heterocycles. The average molecular weight is 332 g/mol. The summed E-state index contributed by atoms with van der Waals surface area (Å²) in [7, 11) is 0. The molecule has 2 aromatic rings. The predicted molar refractivity (Wildman–Crippen MR) is 97.4 cm³/mol. The molecular weight excluding hydrogens is 310 g/mol. The number of thioether (sulfide) groups is 2. The highest BCUT2D eigenvalue weighted by Gasteiger charge is 2.12. The summed E-state index contributed by atoms with van der Waals surface area (Å²) in [6, 6.07) is 20.5. The van der Waals surface area contributed by atoms with Crippen LogP contribution in [0.2, 0.25) is 0 Å². The summed E-state index contributed by atoms with van der Waals surface area (Å²) in [6.45, 7) is 2.67. The van der Waals surface area contributed by atoms with Crippen LogP contribution in [0.5, 0.6) is 0 Å². The van der Waals surface area contributed by atoms with E-state index in [1.165, 1.54) is 10.5 Å². The van der Waals surface area contributed by atoms with Gasteiger partial charge in [-0.25, -0.2) is 0 Å². The van der Waals surface area contributed by atoms with Gasteiger partial charge in [0.2, 0.25) is 5.91 Å². The molecule has 116 valence electrons. The molecule has 1 amide bonds. The molecule has 0 aliphatic heterocycles. The van der Waals surface area contributed by atoms with E-state index in [2.05, 4.69) is 29.6 Å². The fraction of sp³-hybridized carbons (Fsp3) is 0.278. The molecule has 2 aromatic carbocycles. The first kappa shape index (κ1) is 17.0. The molecule has 1 atom stereocenters. The maximum atomic E-state index is 12.0. The first-order valence-electron chi connectivity index (χ1n) is 7.37. The van der Waals surface area contributed by atoms with Gasteiger partial charge in [-0.05, 0) is 24.6 Å². The van der Waals surface area contributed by atoms with Crippen LogP contribution in [0, 0.1) is 0 Å². The molecule has 2 rings (SSSR count). The van der Waals surface area contributed by atoms with Crippen LogP contribution >= 0.6 is 23.5 Å². The van der Waals surface area contributed by atoms with E-state index in [1.807, 2.05) is 43.3 Å². The molecule has 0 saturated carbocycles. The van der Waals surface area contributed by atoms with Crippen molar-refractivity contribution in [2.75, 3.05) is 12.3 Å². The summed E-state index contributed by atoms with van der Waals surface area (Å²) >= 11 is 3.44. The molecular formula is C18H21NOS2. The van der Waals surface area contributed by atoms with Gasteiger partial charge in [-0.3, -0.25) is 4.79 Å². The molecule has 0 aliphatic rings. The van der Waals surface area contributed by atoms with Crippen molar-refractivity contribution in [3.05, 3.63) is 66.2 Å². The third-order valence-electron chi connectivity index (χ3n) is 3.13. The van der Waals surface area contributed by atoms with Gasteiger partial charge in [0.25, 0.3) is 0 Å². The largest absolute Gasteiger partial charge is 0.354 e. The smallest absolute Gasteiger partial charge is 0.232 e. The average Bonchev–Trinajstić information content (AvgIpc) is 2.58. The molecule has 0 aliphatic carbocycles. The van der Waals surface area contributed by atoms with Gasteiger partial charge < -0.3 is 5.32 Å². The van der Waals surface area contributed by atoms with Crippen LogP contribution in [-0.4, -0.2) is 23.5 Å². The number of hydrogen-bond acceptors (Lipinski definition) is 3. The Kier molecular flexibility index (Phi) is 7.40. The second-order valence-corrected chi connectivity index (χ2v) is 7.39. The topological polar surface area (TPSA) is 29.1 Å². The van der Waals surface area contributed by atoms with Crippen LogP contribution < -0.4 is 5.32 Å². The van der Waals surface area contributed by atoms with Crippen LogP contribution in [0.3, 0.4) is 0 Å². The molecule has 1 N–H and O–H groups in total. The summed E-state index contributed by atoms with van der Waals surface area (Å²) in [5, 5.41) is 2.98. The maximum Gasteiger partial charge on any atom is 0.232 e. The lowest BCUT2D eigenvalue weighted by Gasteiger charge is -2.12. The van der Waals surface area contributed by atoms with E-state index in [0.29, 0.717) is 6.54 Å². The Morgan fingerprint density at radius 2 is 1.68 bits per heavy atom. The molecule has 0 bridgehead atoms. The van der Waals surface area contributed by atoms with Gasteiger partial charge in [0.1, 0.15) is 0 Å². The van der Waals surface area contributed by atoms with Gasteiger partial charge in [0.05, 0.1) is 5.25 Å². The van der Waals surface area contributed by atoms with Crippen LogP contribution in [0.4, 0.5) is 0 Å². The molecule has 0 fully saturated rings. The first-order chi connectivity index (χ1) is 10.8. The van der Waals surface area contributed by atoms with Crippen LogP contribution in [0.1, 0.15) is 12.5 Å². The monoisotopic (exact) mass is 331 g/mol. The number of nitrogens with one attached hydrogen (secondary N) is 1. The second-order valence-electron chi connectivity index (χ2n) is 4.89. The Labute approximate surface area is 141 Å². The van der Waals surface area contributed by atoms with Crippen LogP contribution in [-0.2, 0) is 10.5 Å². The molecule has 4 heteroatoms. The van der Waals surface area contributed by atoms with Gasteiger partial charge in [0.15, 0.2) is 0 Å². The highest BCUT2D eigenvalue weighted by molar-refractivity contribution is 7.99. The normalized spacial score (nSPS) is 11.9. The van der Waals surface area contributed by atoms with Crippen LogP contribution in [0.15, 0.2) is 65.6 Å². The summed E-state index contributed by atoms with van der Waals surface area (Å²) in [5.41, 5.74) is 1.26. The highest BCUT2D eigenvalue weighted by atomic mass is 32.2. The van der Waals surface area contributed by atoms with Crippen molar-refractivity contribution in [1.82, 2.24) is 5.32 Å². The number of carbonyl (C=O) groups is 1. The minimum absolute atomic E-state index is 0.0260. The van der Waals surface area contributed by atoms with Crippen molar-refractivity contribution >= 4 is 29.4 Å². The van der Waals surface area contributed by atoms with E-state index < -0.39 is 0 Å². The van der Waals surface area contributed by atoms with E-state index in [-0.39, 0.29) is 11.2 Å². The van der Waals surface area contributed by atoms with Crippen molar-refractivity contribution in [2.24, 2.45) is 0 Å². The van der Waals surface area contributed by atoms with Crippen molar-refractivity contribution in [3.8, 4) is 0 Å². The highest BCUT2D eigenvalue weighted by Crippen LogP contribution is 2.18. The van der Waals surface area contributed by atoms with Crippen molar-refractivity contribution in [1.29, 1.82) is 0 Å². The van der Waals surface area contributed by atoms with Crippen LogP contribution in [0.25, 0.3) is 0 Å². The van der Waals surface area contributed by atoms with Crippen molar-refractivity contribution in [3.63, 3.8) is 0 Å².